The number of phenols is 1. The van der Waals surface area contributed by atoms with E-state index in [1.54, 1.807) is 47.6 Å². The highest BCUT2D eigenvalue weighted by molar-refractivity contribution is 5.68. The third kappa shape index (κ3) is 3.11. The molecule has 1 N–H and O–H groups in total. The van der Waals surface area contributed by atoms with E-state index in [1.807, 2.05) is 24.9 Å². The minimum Gasteiger partial charge on any atom is -0.507 e. The molecule has 0 saturated carbocycles. The molecule has 0 amide bonds. The predicted molar refractivity (Wildman–Crippen MR) is 109 cm³/mol. The first-order chi connectivity index (χ1) is 14.8. The summed E-state index contributed by atoms with van der Waals surface area (Å²) in [5.41, 5.74) is 1.14. The predicted octanol–water partition coefficient (Wildman–Crippen LogP) is 3.38. The molecule has 30 heavy (non-hydrogen) atoms. The summed E-state index contributed by atoms with van der Waals surface area (Å²) < 4.78 is 31.0. The van der Waals surface area contributed by atoms with Gasteiger partial charge < -0.3 is 14.4 Å². The quantitative estimate of drug-likeness (QED) is 0.711. The van der Waals surface area contributed by atoms with Gasteiger partial charge in [0.25, 0.3) is 0 Å². The van der Waals surface area contributed by atoms with Crippen LogP contribution in [0.25, 0.3) is 16.9 Å². The van der Waals surface area contributed by atoms with Gasteiger partial charge >= 0.3 is 0 Å². The van der Waals surface area contributed by atoms with E-state index >= 15 is 0 Å². The monoisotopic (exact) mass is 410 g/mol. The van der Waals surface area contributed by atoms with Crippen molar-refractivity contribution in [2.75, 3.05) is 7.05 Å². The van der Waals surface area contributed by atoms with Crippen LogP contribution in [0.1, 0.15) is 27.6 Å². The number of aromatic nitrogens is 4. The molecule has 2 fully saturated rings. The molecule has 7 nitrogen and oxygen atoms in total. The summed E-state index contributed by atoms with van der Waals surface area (Å²) in [6, 6.07) is 7.73. The smallest absolute Gasteiger partial charge is 0.233 e. The molecule has 4 heterocycles. The summed E-state index contributed by atoms with van der Waals surface area (Å²) in [5, 5.41) is 18.8. The van der Waals surface area contributed by atoms with Crippen LogP contribution in [0.3, 0.4) is 0 Å². The molecular formula is C22H24FN5O2. The summed E-state index contributed by atoms with van der Waals surface area (Å²) in [4.78, 5) is 5.85. The number of rotatable bonds is 4. The Morgan fingerprint density at radius 2 is 2.13 bits per heavy atom. The first-order valence-corrected chi connectivity index (χ1v) is 9.99. The van der Waals surface area contributed by atoms with Gasteiger partial charge in [0, 0.05) is 50.3 Å². The number of halogens is 1. The van der Waals surface area contributed by atoms with Crippen LogP contribution in [-0.4, -0.2) is 60.6 Å². The van der Waals surface area contributed by atoms with Crippen molar-refractivity contribution in [1.82, 2.24) is 24.6 Å². The lowest BCUT2D eigenvalue weighted by molar-refractivity contribution is -0.00356. The number of phenolic OH excluding ortho intramolecular Hbond substituents is 1. The molecule has 2 bridgehead atoms. The lowest BCUT2D eigenvalue weighted by Crippen LogP contribution is -2.54. The summed E-state index contributed by atoms with van der Waals surface area (Å²) in [5.74, 6) is 0.411. The van der Waals surface area contributed by atoms with Crippen LogP contribution < -0.4 is 4.74 Å². The number of ether oxygens (including phenoxy) is 1. The highest BCUT2D eigenvalue weighted by Gasteiger charge is 2.54. The summed E-state index contributed by atoms with van der Waals surface area (Å²) in [6.45, 7) is 1.86. The highest BCUT2D eigenvalue weighted by Crippen LogP contribution is 2.45. The lowest BCUT2D eigenvalue weighted by atomic mass is 9.88. The molecule has 5 rings (SSSR count). The molecule has 0 aliphatic carbocycles. The number of piperidine rings is 1. The minimum atomic E-state index is -1.05. The van der Waals surface area contributed by atoms with Gasteiger partial charge in [0.05, 0.1) is 23.2 Å². The molecule has 0 radical (unpaired) electrons. The van der Waals surface area contributed by atoms with E-state index in [0.717, 1.165) is 5.69 Å². The van der Waals surface area contributed by atoms with Crippen LogP contribution in [-0.2, 0) is 0 Å². The third-order valence-electron chi connectivity index (χ3n) is 6.42. The van der Waals surface area contributed by atoms with Crippen LogP contribution >= 0.6 is 0 Å². The van der Waals surface area contributed by atoms with E-state index in [2.05, 4.69) is 15.2 Å². The van der Waals surface area contributed by atoms with Gasteiger partial charge in [-0.25, -0.2) is 9.37 Å². The molecule has 2 aliphatic rings. The Hall–Kier alpha value is -3.00. The van der Waals surface area contributed by atoms with Crippen molar-refractivity contribution in [2.24, 2.45) is 0 Å². The van der Waals surface area contributed by atoms with Gasteiger partial charge in [0.2, 0.25) is 5.88 Å². The fourth-order valence-corrected chi connectivity index (χ4v) is 4.51. The Balaban J connectivity index is 1.32. The fraction of sp³-hybridized carbons (Fsp3) is 0.409. The van der Waals surface area contributed by atoms with E-state index in [0.29, 0.717) is 30.0 Å². The van der Waals surface area contributed by atoms with Crippen molar-refractivity contribution in [3.05, 3.63) is 49.1 Å². The molecule has 2 aromatic heterocycles. The maximum atomic E-state index is 14.6. The van der Waals surface area contributed by atoms with Gasteiger partial charge in [-0.2, -0.15) is 0 Å². The molecule has 156 valence electrons. The summed E-state index contributed by atoms with van der Waals surface area (Å²) in [7, 11) is 1.82. The van der Waals surface area contributed by atoms with Gasteiger partial charge in [0.15, 0.2) is 0 Å². The molecule has 4 atom stereocenters. The van der Waals surface area contributed by atoms with Crippen LogP contribution in [0.4, 0.5) is 4.39 Å². The number of hydrogen-bond donors (Lipinski definition) is 1. The van der Waals surface area contributed by atoms with Crippen molar-refractivity contribution >= 4 is 0 Å². The maximum absolute atomic E-state index is 14.6. The Bertz CT molecular complexity index is 1100. The first-order valence-electron chi connectivity index (χ1n) is 10.5. The Morgan fingerprint density at radius 1 is 1.27 bits per heavy atom. The van der Waals surface area contributed by atoms with E-state index in [4.69, 9.17) is 6.11 Å². The maximum Gasteiger partial charge on any atom is 0.233 e. The Labute approximate surface area is 175 Å². The number of nitrogens with zero attached hydrogens (tertiary/aromatic N) is 5. The van der Waals surface area contributed by atoms with Gasteiger partial charge in [-0.15, -0.1) is 10.2 Å². The van der Waals surface area contributed by atoms with Gasteiger partial charge in [-0.3, -0.25) is 4.90 Å². The zero-order valence-corrected chi connectivity index (χ0v) is 16.9. The Kier molecular flexibility index (Phi) is 4.19. The van der Waals surface area contributed by atoms with Crippen molar-refractivity contribution in [3.8, 4) is 28.6 Å². The van der Waals surface area contributed by atoms with Crippen LogP contribution in [0, 0.1) is 0 Å². The van der Waals surface area contributed by atoms with Crippen LogP contribution in [0.2, 0.25) is 0 Å². The number of aromatic hydroxyl groups is 1. The molecule has 8 heteroatoms. The number of hydrogen-bond acceptors (Lipinski definition) is 6. The second-order valence-electron chi connectivity index (χ2n) is 8.23. The van der Waals surface area contributed by atoms with Gasteiger partial charge in [0.1, 0.15) is 18.0 Å². The molecule has 3 aromatic rings. The summed E-state index contributed by atoms with van der Waals surface area (Å²) in [6.07, 6.45) is 4.86. The van der Waals surface area contributed by atoms with Crippen molar-refractivity contribution in [3.63, 3.8) is 0 Å². The fourth-order valence-electron chi connectivity index (χ4n) is 4.51. The normalized spacial score (nSPS) is 31.5. The second-order valence-corrected chi connectivity index (χ2v) is 8.23. The largest absolute Gasteiger partial charge is 0.507 e. The molecule has 0 spiro atoms. The highest BCUT2D eigenvalue weighted by atomic mass is 19.1. The average molecular weight is 410 g/mol. The lowest BCUT2D eigenvalue weighted by Gasteiger charge is -2.43. The van der Waals surface area contributed by atoms with E-state index in [1.165, 1.54) is 0 Å². The molecule has 0 unspecified atom stereocenters. The average Bonchev–Trinajstić information content (AvgIpc) is 3.30. The molecule has 2 saturated heterocycles. The molecule has 2 aliphatic heterocycles. The Morgan fingerprint density at radius 3 is 2.80 bits per heavy atom. The number of alkyl halides is 1. The van der Waals surface area contributed by atoms with E-state index in [-0.39, 0.29) is 18.3 Å². The zero-order chi connectivity index (χ0) is 21.8. The van der Waals surface area contributed by atoms with E-state index < -0.39 is 17.7 Å². The number of imidazole rings is 1. The van der Waals surface area contributed by atoms with Crippen LogP contribution in [0.5, 0.6) is 11.6 Å². The van der Waals surface area contributed by atoms with Crippen molar-refractivity contribution in [2.45, 2.75) is 50.0 Å². The third-order valence-corrected chi connectivity index (χ3v) is 6.42. The number of benzene rings is 1. The molecule has 1 aromatic carbocycles. The minimum absolute atomic E-state index is 0.0825. The SMILES string of the molecule is [2H][C@@]12C[C@H](Oc3ccc(-c4ccc(-n5ccnc5)cc4O)nn3)C[C@@](C)([C@H](F)C1)N2C. The standard InChI is InChI=1S/C22H24FN5O2/c1-22-12-16(9-15(27(22)2)11-20(22)23)30-21-6-5-18(25-26-21)17-4-3-14(10-19(17)29)28-8-7-24-13-28/h3-8,10,13,15-16,20,29H,9,11-12H2,1-2H3/t15-,16+,20-,22+/m1/s1/i15D. The van der Waals surface area contributed by atoms with Crippen molar-refractivity contribution < 1.29 is 15.6 Å². The molecular weight excluding hydrogens is 385 g/mol. The second kappa shape index (κ2) is 7.05. The summed E-state index contributed by atoms with van der Waals surface area (Å²) >= 11 is 0. The first kappa shape index (κ1) is 17.8. The van der Waals surface area contributed by atoms with Crippen molar-refractivity contribution in [1.29, 1.82) is 0 Å². The van der Waals surface area contributed by atoms with Gasteiger partial charge in [-0.05, 0) is 38.6 Å². The van der Waals surface area contributed by atoms with Crippen LogP contribution in [0.15, 0.2) is 49.1 Å². The zero-order valence-electron chi connectivity index (χ0n) is 17.9. The van der Waals surface area contributed by atoms with E-state index in [9.17, 15) is 9.50 Å². The number of fused-ring (bicyclic) bond motifs is 2. The van der Waals surface area contributed by atoms with Gasteiger partial charge in [-0.1, -0.05) is 0 Å². The topological polar surface area (TPSA) is 76.3 Å².